The Labute approximate surface area is 197 Å². The molecule has 0 spiro atoms. The van der Waals surface area contributed by atoms with E-state index in [0.717, 1.165) is 29.8 Å². The summed E-state index contributed by atoms with van der Waals surface area (Å²) in [6.45, 7) is 4.65. The van der Waals surface area contributed by atoms with Crippen LogP contribution in [-0.2, 0) is 21.2 Å². The van der Waals surface area contributed by atoms with Gasteiger partial charge in [-0.15, -0.1) is 0 Å². The lowest BCUT2D eigenvalue weighted by Gasteiger charge is -2.17. The maximum Gasteiger partial charge on any atom is 0.244 e. The third kappa shape index (κ3) is 4.44. The normalized spacial score (nSPS) is 14.5. The molecule has 1 aliphatic rings. The minimum Gasteiger partial charge on any atom is -0.326 e. The van der Waals surface area contributed by atoms with Crippen LogP contribution in [0.2, 0.25) is 5.02 Å². The number of rotatable bonds is 6. The molecule has 1 saturated heterocycles. The second kappa shape index (κ2) is 9.09. The number of carbonyl (C=O) groups is 1. The van der Waals surface area contributed by atoms with Gasteiger partial charge in [0.1, 0.15) is 16.5 Å². The predicted octanol–water partition coefficient (Wildman–Crippen LogP) is 3.23. The molecule has 4 rings (SSSR count). The number of halogens is 1. The van der Waals surface area contributed by atoms with Crippen LogP contribution in [0.25, 0.3) is 5.65 Å². The fourth-order valence-corrected chi connectivity index (χ4v) is 6.08. The number of nitrogens with one attached hydrogen (secondary N) is 1. The first kappa shape index (κ1) is 23.2. The van der Waals surface area contributed by atoms with E-state index in [-0.39, 0.29) is 22.2 Å². The molecule has 1 amide bonds. The molecule has 0 bridgehead atoms. The molecule has 11 heteroatoms. The highest BCUT2D eigenvalue weighted by Gasteiger charge is 2.29. The van der Waals surface area contributed by atoms with E-state index >= 15 is 0 Å². The zero-order chi connectivity index (χ0) is 23.8. The fourth-order valence-electron chi connectivity index (χ4n) is 4.06. The molecule has 1 aliphatic heterocycles. The molecule has 3 aromatic rings. The van der Waals surface area contributed by atoms with E-state index in [4.69, 9.17) is 11.6 Å². The van der Waals surface area contributed by atoms with Crippen LogP contribution >= 0.6 is 11.6 Å². The first-order chi connectivity index (χ1) is 15.7. The van der Waals surface area contributed by atoms with Gasteiger partial charge >= 0.3 is 0 Å². The zero-order valence-corrected chi connectivity index (χ0v) is 19.9. The summed E-state index contributed by atoms with van der Waals surface area (Å²) in [5, 5.41) is 16.3. The maximum atomic E-state index is 12.9. The Morgan fingerprint density at radius 2 is 2.00 bits per heavy atom. The van der Waals surface area contributed by atoms with Gasteiger partial charge in [0.25, 0.3) is 0 Å². The van der Waals surface area contributed by atoms with Gasteiger partial charge in [0.2, 0.25) is 15.9 Å². The van der Waals surface area contributed by atoms with Crippen LogP contribution in [-0.4, -0.2) is 46.3 Å². The number of hydrogen-bond donors (Lipinski definition) is 1. The molecule has 1 N–H and O–H groups in total. The van der Waals surface area contributed by atoms with Crippen molar-refractivity contribution in [2.75, 3.05) is 18.4 Å². The second-order valence-electron chi connectivity index (χ2n) is 7.97. The van der Waals surface area contributed by atoms with Crippen molar-refractivity contribution in [1.82, 2.24) is 18.9 Å². The van der Waals surface area contributed by atoms with Crippen molar-refractivity contribution in [1.29, 1.82) is 5.26 Å². The van der Waals surface area contributed by atoms with Crippen LogP contribution in [0.3, 0.4) is 0 Å². The van der Waals surface area contributed by atoms with Crippen LogP contribution in [0.1, 0.15) is 41.8 Å². The molecule has 1 fully saturated rings. The third-order valence-electron chi connectivity index (χ3n) is 5.83. The van der Waals surface area contributed by atoms with E-state index < -0.39 is 10.0 Å². The smallest absolute Gasteiger partial charge is 0.244 e. The Morgan fingerprint density at radius 1 is 1.27 bits per heavy atom. The fraction of sp³-hybridized carbons (Fsp3) is 0.364. The number of sulfonamides is 1. The van der Waals surface area contributed by atoms with Crippen LogP contribution in [0.4, 0.5) is 5.69 Å². The molecule has 172 valence electrons. The Kier molecular flexibility index (Phi) is 6.38. The first-order valence-corrected chi connectivity index (χ1v) is 12.4. The van der Waals surface area contributed by atoms with Gasteiger partial charge in [-0.05, 0) is 56.9 Å². The van der Waals surface area contributed by atoms with Crippen LogP contribution in [0.5, 0.6) is 0 Å². The summed E-state index contributed by atoms with van der Waals surface area (Å²) >= 11 is 6.18. The number of nitriles is 1. The third-order valence-corrected chi connectivity index (χ3v) is 8.21. The highest BCUT2D eigenvalue weighted by Crippen LogP contribution is 2.29. The van der Waals surface area contributed by atoms with Crippen molar-refractivity contribution in [3.8, 4) is 6.07 Å². The van der Waals surface area contributed by atoms with Crippen molar-refractivity contribution in [2.45, 2.75) is 44.4 Å². The van der Waals surface area contributed by atoms with Crippen LogP contribution in [0, 0.1) is 25.2 Å². The Bertz CT molecular complexity index is 1390. The molecule has 9 nitrogen and oxygen atoms in total. The van der Waals surface area contributed by atoms with Crippen LogP contribution < -0.4 is 5.32 Å². The average Bonchev–Trinajstić information content (AvgIpc) is 3.45. The predicted molar refractivity (Wildman–Crippen MR) is 124 cm³/mol. The molecule has 33 heavy (non-hydrogen) atoms. The SMILES string of the molecule is Cc1nc2c(C#N)cnn2c(C)c1CCC(=O)Nc1ccc(Cl)c(S(=O)(=O)N2CCCC2)c1. The van der Waals surface area contributed by atoms with Gasteiger partial charge < -0.3 is 5.32 Å². The van der Waals surface area contributed by atoms with Crippen molar-refractivity contribution in [3.05, 3.63) is 51.9 Å². The minimum atomic E-state index is -3.71. The van der Waals surface area contributed by atoms with Crippen molar-refractivity contribution in [2.24, 2.45) is 0 Å². The summed E-state index contributed by atoms with van der Waals surface area (Å²) < 4.78 is 28.8. The molecule has 0 atom stereocenters. The Morgan fingerprint density at radius 3 is 2.70 bits per heavy atom. The lowest BCUT2D eigenvalue weighted by molar-refractivity contribution is -0.116. The molecule has 0 aliphatic carbocycles. The quantitative estimate of drug-likeness (QED) is 0.571. The summed E-state index contributed by atoms with van der Waals surface area (Å²) in [5.41, 5.74) is 3.68. The van der Waals surface area contributed by atoms with Gasteiger partial charge in [-0.25, -0.2) is 17.9 Å². The van der Waals surface area contributed by atoms with Crippen molar-refractivity contribution < 1.29 is 13.2 Å². The summed E-state index contributed by atoms with van der Waals surface area (Å²) in [7, 11) is -3.71. The largest absolute Gasteiger partial charge is 0.326 e. The Balaban J connectivity index is 1.49. The number of nitrogens with zero attached hydrogens (tertiary/aromatic N) is 5. The lowest BCUT2D eigenvalue weighted by atomic mass is 10.1. The van der Waals surface area contributed by atoms with E-state index in [1.165, 1.54) is 22.6 Å². The number of hydrogen-bond acceptors (Lipinski definition) is 6. The van der Waals surface area contributed by atoms with Gasteiger partial charge in [0.05, 0.1) is 11.2 Å². The van der Waals surface area contributed by atoms with Gasteiger partial charge in [0, 0.05) is 36.6 Å². The highest BCUT2D eigenvalue weighted by molar-refractivity contribution is 7.89. The summed E-state index contributed by atoms with van der Waals surface area (Å²) in [5.74, 6) is -0.265. The van der Waals surface area contributed by atoms with Gasteiger partial charge in [-0.1, -0.05) is 11.6 Å². The number of aromatic nitrogens is 3. The van der Waals surface area contributed by atoms with Crippen molar-refractivity contribution in [3.63, 3.8) is 0 Å². The minimum absolute atomic E-state index is 0.00261. The number of aryl methyl sites for hydroxylation is 2. The van der Waals surface area contributed by atoms with E-state index in [0.29, 0.717) is 36.4 Å². The maximum absolute atomic E-state index is 12.9. The summed E-state index contributed by atoms with van der Waals surface area (Å²) in [4.78, 5) is 17.1. The molecule has 3 heterocycles. The molecule has 0 saturated carbocycles. The number of carbonyl (C=O) groups excluding carboxylic acids is 1. The molecule has 0 unspecified atom stereocenters. The molecule has 1 aromatic carbocycles. The zero-order valence-electron chi connectivity index (χ0n) is 18.3. The summed E-state index contributed by atoms with van der Waals surface area (Å²) in [6.07, 6.45) is 3.70. The molecule has 0 radical (unpaired) electrons. The van der Waals surface area contributed by atoms with Gasteiger partial charge in [-0.3, -0.25) is 4.79 Å². The van der Waals surface area contributed by atoms with E-state index in [1.807, 2.05) is 13.8 Å². The molecular formula is C22H23ClN6O3S. The number of fused-ring (bicyclic) bond motifs is 1. The first-order valence-electron chi connectivity index (χ1n) is 10.6. The van der Waals surface area contributed by atoms with E-state index in [2.05, 4.69) is 21.5 Å². The molecular weight excluding hydrogens is 464 g/mol. The van der Waals surface area contributed by atoms with Crippen LogP contribution in [0.15, 0.2) is 29.3 Å². The Hall–Kier alpha value is -3.00. The number of benzene rings is 1. The molecule has 2 aromatic heterocycles. The van der Waals surface area contributed by atoms with E-state index in [9.17, 15) is 18.5 Å². The monoisotopic (exact) mass is 486 g/mol. The second-order valence-corrected chi connectivity index (χ2v) is 10.3. The van der Waals surface area contributed by atoms with E-state index in [1.54, 1.807) is 10.6 Å². The average molecular weight is 487 g/mol. The lowest BCUT2D eigenvalue weighted by Crippen LogP contribution is -2.28. The summed E-state index contributed by atoms with van der Waals surface area (Å²) in [6, 6.07) is 6.55. The standard InChI is InChI=1S/C22H23ClN6O3S/c1-14-18(15(2)29-22(26-14)16(12-24)13-25-29)6-8-21(30)27-17-5-7-19(23)20(11-17)33(31,32)28-9-3-4-10-28/h5,7,11,13H,3-4,6,8-10H2,1-2H3,(H,27,30). The number of amides is 1. The van der Waals surface area contributed by atoms with Gasteiger partial charge in [0.15, 0.2) is 5.65 Å². The topological polar surface area (TPSA) is 120 Å². The number of anilines is 1. The van der Waals surface area contributed by atoms with Gasteiger partial charge in [-0.2, -0.15) is 14.7 Å². The highest BCUT2D eigenvalue weighted by atomic mass is 35.5. The van der Waals surface area contributed by atoms with Crippen molar-refractivity contribution >= 4 is 38.9 Å².